The number of aromatic nitrogens is 1. The SMILES string of the molecule is O=S(=O)(O)c1nccs1.[LiH]. The summed E-state index contributed by atoms with van der Waals surface area (Å²) in [5.74, 6) is 0. The first kappa shape index (κ1) is 10.1. The molecule has 0 aliphatic rings. The van der Waals surface area contributed by atoms with Crippen LogP contribution in [-0.2, 0) is 10.1 Å². The normalized spacial score (nSPS) is 10.5. The van der Waals surface area contributed by atoms with E-state index < -0.39 is 10.1 Å². The van der Waals surface area contributed by atoms with Gasteiger partial charge in [-0.2, -0.15) is 8.42 Å². The summed E-state index contributed by atoms with van der Waals surface area (Å²) in [5.41, 5.74) is 0. The Bertz CT molecular complexity index is 279. The molecule has 0 aliphatic heterocycles. The molecule has 1 aromatic heterocycles. The molecule has 0 saturated heterocycles. The quantitative estimate of drug-likeness (QED) is 0.469. The number of rotatable bonds is 1. The van der Waals surface area contributed by atoms with E-state index in [0.29, 0.717) is 0 Å². The molecule has 1 aromatic rings. The molecule has 10 heavy (non-hydrogen) atoms. The fraction of sp³-hybridized carbons (Fsp3) is 0. The van der Waals surface area contributed by atoms with Crippen LogP contribution in [0.4, 0.5) is 0 Å². The Kier molecular flexibility index (Phi) is 3.55. The van der Waals surface area contributed by atoms with E-state index in [0.717, 1.165) is 11.3 Å². The van der Waals surface area contributed by atoms with Crippen LogP contribution < -0.4 is 0 Å². The van der Waals surface area contributed by atoms with Crippen molar-refractivity contribution in [3.8, 4) is 0 Å². The third kappa shape index (κ3) is 2.40. The van der Waals surface area contributed by atoms with Crippen molar-refractivity contribution in [1.82, 2.24) is 4.98 Å². The minimum absolute atomic E-state index is 0. The zero-order valence-corrected chi connectivity index (χ0v) is 5.82. The van der Waals surface area contributed by atoms with Gasteiger partial charge in [0.2, 0.25) is 4.34 Å². The van der Waals surface area contributed by atoms with E-state index in [-0.39, 0.29) is 23.2 Å². The zero-order chi connectivity index (χ0) is 6.91. The van der Waals surface area contributed by atoms with Gasteiger partial charge in [0.15, 0.2) is 0 Å². The van der Waals surface area contributed by atoms with Gasteiger partial charge in [0.05, 0.1) is 0 Å². The van der Waals surface area contributed by atoms with Crippen LogP contribution in [0.15, 0.2) is 15.9 Å². The molecule has 0 aromatic carbocycles. The van der Waals surface area contributed by atoms with Gasteiger partial charge in [-0.05, 0) is 0 Å². The van der Waals surface area contributed by atoms with Crippen molar-refractivity contribution in [1.29, 1.82) is 0 Å². The number of hydrogen-bond donors (Lipinski definition) is 1. The maximum atomic E-state index is 10.2. The molecule has 0 saturated carbocycles. The molecule has 0 spiro atoms. The second kappa shape index (κ2) is 3.51. The van der Waals surface area contributed by atoms with Crippen LogP contribution in [0.1, 0.15) is 0 Å². The second-order valence-corrected chi connectivity index (χ2v) is 3.76. The van der Waals surface area contributed by atoms with E-state index in [1.54, 1.807) is 0 Å². The standard InChI is InChI=1S/C3H3NO3S2.Li.H/c5-9(6,7)3-4-1-2-8-3;;/h1-2H,(H,5,6,7);;. The van der Waals surface area contributed by atoms with Crippen LogP contribution in [0.3, 0.4) is 0 Å². The topological polar surface area (TPSA) is 67.3 Å². The van der Waals surface area contributed by atoms with Gasteiger partial charge in [0.1, 0.15) is 0 Å². The molecule has 7 heteroatoms. The molecule has 0 amide bonds. The Balaban J connectivity index is 0.000000810. The van der Waals surface area contributed by atoms with Crippen molar-refractivity contribution in [2.24, 2.45) is 0 Å². The van der Waals surface area contributed by atoms with Crippen LogP contribution in [0, 0.1) is 0 Å². The molecule has 4 nitrogen and oxygen atoms in total. The summed E-state index contributed by atoms with van der Waals surface area (Å²) >= 11 is 0.881. The molecule has 0 bridgehead atoms. The summed E-state index contributed by atoms with van der Waals surface area (Å²) in [6.07, 6.45) is 1.31. The van der Waals surface area contributed by atoms with E-state index in [4.69, 9.17) is 4.55 Å². The maximum absolute atomic E-state index is 10.2. The summed E-state index contributed by atoms with van der Waals surface area (Å²) in [6.45, 7) is 0. The van der Waals surface area contributed by atoms with E-state index >= 15 is 0 Å². The molecular formula is C3H4LiNO3S2. The fourth-order valence-corrected chi connectivity index (χ4v) is 1.54. The Labute approximate surface area is 74.2 Å². The van der Waals surface area contributed by atoms with Crippen molar-refractivity contribution < 1.29 is 13.0 Å². The Morgan fingerprint density at radius 1 is 1.60 bits per heavy atom. The van der Waals surface area contributed by atoms with Gasteiger partial charge in [-0.25, -0.2) is 4.98 Å². The van der Waals surface area contributed by atoms with Gasteiger partial charge in [-0.3, -0.25) is 4.55 Å². The van der Waals surface area contributed by atoms with Crippen LogP contribution in [0.2, 0.25) is 0 Å². The fourth-order valence-electron chi connectivity index (χ4n) is 0.338. The van der Waals surface area contributed by atoms with Crippen LogP contribution in [0.5, 0.6) is 0 Å². The Morgan fingerprint density at radius 3 is 2.40 bits per heavy atom. The molecule has 0 unspecified atom stereocenters. The summed E-state index contributed by atoms with van der Waals surface area (Å²) in [6, 6.07) is 0. The van der Waals surface area contributed by atoms with Gasteiger partial charge in [0, 0.05) is 11.6 Å². The van der Waals surface area contributed by atoms with Gasteiger partial charge >= 0.3 is 29.0 Å². The van der Waals surface area contributed by atoms with Crippen molar-refractivity contribution in [3.05, 3.63) is 11.6 Å². The molecule has 0 atom stereocenters. The van der Waals surface area contributed by atoms with Gasteiger partial charge in [-0.15, -0.1) is 11.3 Å². The molecule has 0 radical (unpaired) electrons. The summed E-state index contributed by atoms with van der Waals surface area (Å²) < 4.78 is 28.4. The molecule has 1 rings (SSSR count). The molecule has 1 heterocycles. The monoisotopic (exact) mass is 173 g/mol. The number of thiazole rings is 1. The van der Waals surface area contributed by atoms with Crippen LogP contribution in [-0.4, -0.2) is 36.8 Å². The Morgan fingerprint density at radius 2 is 2.20 bits per heavy atom. The van der Waals surface area contributed by atoms with Crippen molar-refractivity contribution >= 4 is 40.3 Å². The average molecular weight is 173 g/mol. The van der Waals surface area contributed by atoms with Gasteiger partial charge < -0.3 is 0 Å². The molecule has 0 aliphatic carbocycles. The van der Waals surface area contributed by atoms with Crippen molar-refractivity contribution in [2.45, 2.75) is 4.34 Å². The van der Waals surface area contributed by atoms with Crippen LogP contribution in [0.25, 0.3) is 0 Å². The van der Waals surface area contributed by atoms with Crippen molar-refractivity contribution in [2.75, 3.05) is 0 Å². The third-order valence-corrected chi connectivity index (χ3v) is 2.66. The second-order valence-electron chi connectivity index (χ2n) is 1.27. The number of hydrogen-bond acceptors (Lipinski definition) is 4. The first-order chi connectivity index (χ1) is 4.11. The van der Waals surface area contributed by atoms with E-state index in [1.165, 1.54) is 11.6 Å². The van der Waals surface area contributed by atoms with Crippen LogP contribution >= 0.6 is 11.3 Å². The first-order valence-corrected chi connectivity index (χ1v) is 4.29. The van der Waals surface area contributed by atoms with E-state index in [2.05, 4.69) is 4.98 Å². The molecule has 0 fully saturated rings. The Hall–Kier alpha value is 0.137. The summed E-state index contributed by atoms with van der Waals surface area (Å²) in [7, 11) is -4.05. The van der Waals surface area contributed by atoms with Gasteiger partial charge in [0.25, 0.3) is 0 Å². The van der Waals surface area contributed by atoms with E-state index in [9.17, 15) is 8.42 Å². The van der Waals surface area contributed by atoms with Gasteiger partial charge in [-0.1, -0.05) is 0 Å². The molecule has 52 valence electrons. The summed E-state index contributed by atoms with van der Waals surface area (Å²) in [5, 5.41) is 1.48. The minimum atomic E-state index is -4.05. The summed E-state index contributed by atoms with van der Waals surface area (Å²) in [4.78, 5) is 3.37. The first-order valence-electron chi connectivity index (χ1n) is 1.97. The zero-order valence-electron chi connectivity index (χ0n) is 4.18. The van der Waals surface area contributed by atoms with E-state index in [1.807, 2.05) is 0 Å². The molecular weight excluding hydrogens is 169 g/mol. The predicted octanol–water partition coefficient (Wildman–Crippen LogP) is -0.259. The average Bonchev–Trinajstić information content (AvgIpc) is 2.08. The number of nitrogens with zero attached hydrogens (tertiary/aromatic N) is 1. The third-order valence-electron chi connectivity index (χ3n) is 0.630. The molecule has 1 N–H and O–H groups in total. The van der Waals surface area contributed by atoms with Crippen molar-refractivity contribution in [3.63, 3.8) is 0 Å². The predicted molar refractivity (Wildman–Crippen MR) is 39.1 cm³/mol.